The summed E-state index contributed by atoms with van der Waals surface area (Å²) in [6.45, 7) is 3.77. The molecule has 0 bridgehead atoms. The van der Waals surface area contributed by atoms with Crippen LogP contribution >= 0.6 is 11.8 Å². The lowest BCUT2D eigenvalue weighted by atomic mass is 10.3. The Morgan fingerprint density at radius 2 is 2.21 bits per heavy atom. The average molecular weight is 281 g/mol. The molecular weight excluding hydrogens is 262 g/mol. The molecule has 2 rings (SSSR count). The predicted molar refractivity (Wildman–Crippen MR) is 78.1 cm³/mol. The molecule has 1 saturated heterocycles. The fourth-order valence-corrected chi connectivity index (χ4v) is 2.84. The lowest BCUT2D eigenvalue weighted by Gasteiger charge is -2.25. The molecule has 0 aromatic carbocycles. The predicted octanol–water partition coefficient (Wildman–Crippen LogP) is 0.146. The van der Waals surface area contributed by atoms with Crippen LogP contribution in [0.5, 0.6) is 0 Å². The number of hydrogen-bond donors (Lipinski definition) is 3. The number of amides is 1. The van der Waals surface area contributed by atoms with Gasteiger partial charge in [0.1, 0.15) is 5.69 Å². The Morgan fingerprint density at radius 3 is 2.84 bits per heavy atom. The number of carbonyl (C=O) groups is 1. The van der Waals surface area contributed by atoms with E-state index in [0.717, 1.165) is 19.6 Å². The first-order valence-corrected chi connectivity index (χ1v) is 7.46. The SMILES string of the molecule is NNc1ccc(C(=O)NCCN2CCSCC2)nc1. The van der Waals surface area contributed by atoms with Crippen molar-refractivity contribution in [3.8, 4) is 0 Å². The van der Waals surface area contributed by atoms with Gasteiger partial charge in [0.15, 0.2) is 0 Å². The Balaban J connectivity index is 1.73. The Bertz CT molecular complexity index is 405. The molecule has 0 aliphatic carbocycles. The van der Waals surface area contributed by atoms with Gasteiger partial charge in [-0.25, -0.2) is 4.98 Å². The zero-order valence-electron chi connectivity index (χ0n) is 10.8. The van der Waals surface area contributed by atoms with E-state index in [1.54, 1.807) is 12.1 Å². The number of nitrogens with one attached hydrogen (secondary N) is 2. The van der Waals surface area contributed by atoms with Crippen LogP contribution in [0.4, 0.5) is 5.69 Å². The van der Waals surface area contributed by atoms with Gasteiger partial charge in [0.2, 0.25) is 0 Å². The maximum Gasteiger partial charge on any atom is 0.269 e. The molecule has 1 amide bonds. The first-order valence-electron chi connectivity index (χ1n) is 6.30. The lowest BCUT2D eigenvalue weighted by molar-refractivity contribution is 0.0944. The molecular formula is C12H19N5OS. The Hall–Kier alpha value is -1.31. The summed E-state index contributed by atoms with van der Waals surface area (Å²) in [6.07, 6.45) is 1.54. The third-order valence-electron chi connectivity index (χ3n) is 2.98. The van der Waals surface area contributed by atoms with Crippen LogP contribution in [0.25, 0.3) is 0 Å². The number of hydrazine groups is 1. The molecule has 0 radical (unpaired) electrons. The number of thioether (sulfide) groups is 1. The van der Waals surface area contributed by atoms with Crippen LogP contribution in [0.3, 0.4) is 0 Å². The molecule has 0 atom stereocenters. The number of anilines is 1. The smallest absolute Gasteiger partial charge is 0.269 e. The third kappa shape index (κ3) is 4.38. The van der Waals surface area contributed by atoms with Gasteiger partial charge in [0.05, 0.1) is 11.9 Å². The quantitative estimate of drug-likeness (QED) is 0.526. The summed E-state index contributed by atoms with van der Waals surface area (Å²) in [7, 11) is 0. The van der Waals surface area contributed by atoms with Crippen molar-refractivity contribution >= 4 is 23.4 Å². The number of hydrogen-bond acceptors (Lipinski definition) is 6. The number of aromatic nitrogens is 1. The van der Waals surface area contributed by atoms with Gasteiger partial charge in [0.25, 0.3) is 5.91 Å². The summed E-state index contributed by atoms with van der Waals surface area (Å²) in [5, 5.41) is 2.88. The summed E-state index contributed by atoms with van der Waals surface area (Å²) in [4.78, 5) is 18.2. The summed E-state index contributed by atoms with van der Waals surface area (Å²) in [5.74, 6) is 7.46. The van der Waals surface area contributed by atoms with E-state index in [1.807, 2.05) is 11.8 Å². The van der Waals surface area contributed by atoms with Gasteiger partial charge in [-0.3, -0.25) is 15.5 Å². The van der Waals surface area contributed by atoms with Crippen LogP contribution in [0, 0.1) is 0 Å². The number of pyridine rings is 1. The van der Waals surface area contributed by atoms with Gasteiger partial charge < -0.3 is 10.7 Å². The Labute approximate surface area is 117 Å². The monoisotopic (exact) mass is 281 g/mol. The standard InChI is InChI=1S/C12H19N5OS/c13-16-10-1-2-11(15-9-10)12(18)14-3-4-17-5-7-19-8-6-17/h1-2,9,16H,3-8,13H2,(H,14,18). The van der Waals surface area contributed by atoms with E-state index in [2.05, 4.69) is 20.6 Å². The van der Waals surface area contributed by atoms with Gasteiger partial charge in [-0.15, -0.1) is 0 Å². The molecule has 104 valence electrons. The van der Waals surface area contributed by atoms with E-state index in [0.29, 0.717) is 17.9 Å². The topological polar surface area (TPSA) is 83.3 Å². The molecule has 0 saturated carbocycles. The lowest BCUT2D eigenvalue weighted by Crippen LogP contribution is -2.39. The van der Waals surface area contributed by atoms with Crippen LogP contribution < -0.4 is 16.6 Å². The second kappa shape index (κ2) is 7.32. The molecule has 1 aromatic heterocycles. The highest BCUT2D eigenvalue weighted by molar-refractivity contribution is 7.99. The van der Waals surface area contributed by atoms with Crippen LogP contribution in [-0.2, 0) is 0 Å². The van der Waals surface area contributed by atoms with Gasteiger partial charge in [-0.2, -0.15) is 11.8 Å². The molecule has 19 heavy (non-hydrogen) atoms. The summed E-state index contributed by atoms with van der Waals surface area (Å²) >= 11 is 1.98. The molecule has 0 spiro atoms. The van der Waals surface area contributed by atoms with E-state index in [4.69, 9.17) is 5.84 Å². The van der Waals surface area contributed by atoms with Crippen molar-refractivity contribution in [2.45, 2.75) is 0 Å². The molecule has 2 heterocycles. The van der Waals surface area contributed by atoms with E-state index >= 15 is 0 Å². The largest absolute Gasteiger partial charge is 0.349 e. The van der Waals surface area contributed by atoms with Crippen molar-refractivity contribution in [1.29, 1.82) is 0 Å². The van der Waals surface area contributed by atoms with E-state index < -0.39 is 0 Å². The summed E-state index contributed by atoms with van der Waals surface area (Å²) in [5.41, 5.74) is 3.57. The maximum atomic E-state index is 11.8. The highest BCUT2D eigenvalue weighted by atomic mass is 32.2. The zero-order chi connectivity index (χ0) is 13.5. The van der Waals surface area contributed by atoms with E-state index in [9.17, 15) is 4.79 Å². The van der Waals surface area contributed by atoms with Crippen molar-refractivity contribution in [2.75, 3.05) is 43.1 Å². The number of rotatable bonds is 5. The second-order valence-corrected chi connectivity index (χ2v) is 5.51. The van der Waals surface area contributed by atoms with Crippen molar-refractivity contribution in [3.05, 3.63) is 24.0 Å². The maximum absolute atomic E-state index is 11.8. The average Bonchev–Trinajstić information content (AvgIpc) is 2.48. The minimum Gasteiger partial charge on any atom is -0.349 e. The van der Waals surface area contributed by atoms with Crippen molar-refractivity contribution < 1.29 is 4.79 Å². The molecule has 1 aliphatic rings. The van der Waals surface area contributed by atoms with Crippen LogP contribution in [0.1, 0.15) is 10.5 Å². The molecule has 7 heteroatoms. The fraction of sp³-hybridized carbons (Fsp3) is 0.500. The number of nitrogens with zero attached hydrogens (tertiary/aromatic N) is 2. The highest BCUT2D eigenvalue weighted by Gasteiger charge is 2.11. The van der Waals surface area contributed by atoms with Gasteiger partial charge in [-0.1, -0.05) is 0 Å². The molecule has 1 aliphatic heterocycles. The number of nitrogens with two attached hydrogens (primary N) is 1. The molecule has 1 aromatic rings. The van der Waals surface area contributed by atoms with Gasteiger partial charge >= 0.3 is 0 Å². The van der Waals surface area contributed by atoms with Crippen LogP contribution in [0.2, 0.25) is 0 Å². The van der Waals surface area contributed by atoms with Crippen LogP contribution in [-0.4, -0.2) is 53.5 Å². The summed E-state index contributed by atoms with van der Waals surface area (Å²) < 4.78 is 0. The van der Waals surface area contributed by atoms with Crippen molar-refractivity contribution in [1.82, 2.24) is 15.2 Å². The minimum absolute atomic E-state index is 0.144. The van der Waals surface area contributed by atoms with E-state index in [-0.39, 0.29) is 5.91 Å². The second-order valence-electron chi connectivity index (χ2n) is 4.29. The van der Waals surface area contributed by atoms with Crippen molar-refractivity contribution in [3.63, 3.8) is 0 Å². The molecule has 1 fully saturated rings. The zero-order valence-corrected chi connectivity index (χ0v) is 11.6. The van der Waals surface area contributed by atoms with Gasteiger partial charge in [0, 0.05) is 37.7 Å². The molecule has 4 N–H and O–H groups in total. The Kier molecular flexibility index (Phi) is 5.44. The van der Waals surface area contributed by atoms with Crippen LogP contribution in [0.15, 0.2) is 18.3 Å². The van der Waals surface area contributed by atoms with Crippen molar-refractivity contribution in [2.24, 2.45) is 5.84 Å². The third-order valence-corrected chi connectivity index (χ3v) is 3.92. The Morgan fingerprint density at radius 1 is 1.42 bits per heavy atom. The highest BCUT2D eigenvalue weighted by Crippen LogP contribution is 2.08. The number of nitrogen functional groups attached to an aromatic ring is 1. The van der Waals surface area contributed by atoms with Gasteiger partial charge in [-0.05, 0) is 12.1 Å². The first-order chi connectivity index (χ1) is 9.29. The first kappa shape index (κ1) is 14.1. The van der Waals surface area contributed by atoms with E-state index in [1.165, 1.54) is 17.7 Å². The fourth-order valence-electron chi connectivity index (χ4n) is 1.86. The molecule has 0 unspecified atom stereocenters. The summed E-state index contributed by atoms with van der Waals surface area (Å²) in [6, 6.07) is 3.38. The minimum atomic E-state index is -0.144. The molecule has 6 nitrogen and oxygen atoms in total. The number of carbonyl (C=O) groups excluding carboxylic acids is 1. The normalized spacial score (nSPS) is 16.1.